The zero-order chi connectivity index (χ0) is 18.2. The van der Waals surface area contributed by atoms with Crippen molar-refractivity contribution in [3.63, 3.8) is 0 Å². The Labute approximate surface area is 242 Å². The average molecular weight is 424 g/mol. The quantitative estimate of drug-likeness (QED) is 0.261. The summed E-state index contributed by atoms with van der Waals surface area (Å²) in [6, 6.07) is -1.34. The monoisotopic (exact) mass is 423 g/mol. The summed E-state index contributed by atoms with van der Waals surface area (Å²) in [6.07, 6.45) is 12.7. The maximum atomic E-state index is 11.6. The summed E-state index contributed by atoms with van der Waals surface area (Å²) in [6.45, 7) is 2.22. The molecule has 8 heteroatoms. The van der Waals surface area contributed by atoms with Crippen molar-refractivity contribution in [1.82, 2.24) is 5.32 Å². The molecule has 3 N–H and O–H groups in total. The molecule has 0 aliphatic heterocycles. The minimum absolute atomic E-state index is 0. The molecule has 0 heterocycles. The summed E-state index contributed by atoms with van der Waals surface area (Å²) >= 11 is 0. The van der Waals surface area contributed by atoms with Gasteiger partial charge in [0, 0.05) is 6.42 Å². The van der Waals surface area contributed by atoms with Crippen LogP contribution in [0.4, 0.5) is 0 Å². The molecule has 0 aromatic heterocycles. The predicted molar refractivity (Wildman–Crippen MR) is 107 cm³/mol. The van der Waals surface area contributed by atoms with Gasteiger partial charge in [-0.2, -0.15) is 0 Å². The van der Waals surface area contributed by atoms with E-state index in [4.69, 9.17) is 10.2 Å². The van der Waals surface area contributed by atoms with E-state index in [1.807, 2.05) is 0 Å². The van der Waals surface area contributed by atoms with E-state index in [2.05, 4.69) is 12.2 Å². The van der Waals surface area contributed by atoms with Gasteiger partial charge < -0.3 is 15.5 Å². The molecular weight excluding hydrogens is 388 g/mol. The van der Waals surface area contributed by atoms with E-state index in [1.165, 1.54) is 51.4 Å². The molecule has 0 saturated heterocycles. The first-order chi connectivity index (χ1) is 11.5. The number of carbonyl (C=O) groups is 3. The number of aliphatic carboxylic acids is 2. The summed E-state index contributed by atoms with van der Waals surface area (Å²) in [5, 5.41) is 19.7. The Kier molecular flexibility index (Phi) is 28.6. The van der Waals surface area contributed by atoms with E-state index < -0.39 is 24.4 Å². The fraction of sp³-hybridized carbons (Fsp3) is 0.833. The van der Waals surface area contributed by atoms with E-state index in [1.54, 1.807) is 0 Å². The van der Waals surface area contributed by atoms with Crippen molar-refractivity contribution >= 4 is 121 Å². The molecule has 1 atom stereocenters. The second kappa shape index (κ2) is 23.0. The third-order valence-corrected chi connectivity index (χ3v) is 4.02. The van der Waals surface area contributed by atoms with Gasteiger partial charge in [-0.05, 0) is 6.42 Å². The van der Waals surface area contributed by atoms with Gasteiger partial charge in [0.15, 0.2) is 0 Å². The van der Waals surface area contributed by atoms with E-state index in [0.717, 1.165) is 12.8 Å². The summed E-state index contributed by atoms with van der Waals surface area (Å²) in [5.41, 5.74) is 0. The zero-order valence-electron chi connectivity index (χ0n) is 14.9. The fourth-order valence-corrected chi connectivity index (χ4v) is 2.59. The normalized spacial score (nSPS) is 11.0. The number of amides is 1. The Morgan fingerprint density at radius 1 is 0.769 bits per heavy atom. The van der Waals surface area contributed by atoms with Crippen LogP contribution >= 0.6 is 0 Å². The number of rotatable bonds is 16. The first-order valence-electron chi connectivity index (χ1n) is 9.21. The number of carboxylic acid groups (broad SMARTS) is 2. The Morgan fingerprint density at radius 3 is 1.58 bits per heavy atom. The summed E-state index contributed by atoms with van der Waals surface area (Å²) in [4.78, 5) is 33.0. The molecule has 6 nitrogen and oxygen atoms in total. The standard InChI is InChI=1S/C18H33NO5.2K.2H/c1-2-3-4-5-6-7-8-9-10-11-12-13-16(20)19-15(18(23)24)14-17(21)22;;;;/h15H,2-14H2,1H3,(H,19,20)(H,21,22)(H,23,24);;;;/t15-;;;;/m0..../s1. The molecule has 0 aliphatic carbocycles. The number of carboxylic acids is 2. The van der Waals surface area contributed by atoms with Crippen molar-refractivity contribution in [2.75, 3.05) is 0 Å². The van der Waals surface area contributed by atoms with Crippen molar-refractivity contribution in [3.05, 3.63) is 0 Å². The van der Waals surface area contributed by atoms with Gasteiger partial charge in [0.25, 0.3) is 0 Å². The van der Waals surface area contributed by atoms with Crippen molar-refractivity contribution < 1.29 is 24.6 Å². The maximum absolute atomic E-state index is 11.6. The SMILES string of the molecule is CCCCCCCCCCCCCC(=O)N[C@@H](CC(=O)O)C(=O)O.[KH].[KH]. The molecule has 0 aromatic rings. The van der Waals surface area contributed by atoms with Crippen LogP contribution in [0, 0.1) is 0 Å². The van der Waals surface area contributed by atoms with Crippen LogP contribution in [0.5, 0.6) is 0 Å². The van der Waals surface area contributed by atoms with Gasteiger partial charge >= 0.3 is 115 Å². The summed E-state index contributed by atoms with van der Waals surface area (Å²) in [7, 11) is 0. The number of nitrogens with one attached hydrogen (secondary N) is 1. The molecule has 0 rings (SSSR count). The topological polar surface area (TPSA) is 104 Å². The summed E-state index contributed by atoms with van der Waals surface area (Å²) < 4.78 is 0. The van der Waals surface area contributed by atoms with Crippen molar-refractivity contribution in [1.29, 1.82) is 0 Å². The van der Waals surface area contributed by atoms with Crippen LogP contribution < -0.4 is 5.32 Å². The average Bonchev–Trinajstić information content (AvgIpc) is 2.51. The van der Waals surface area contributed by atoms with Crippen molar-refractivity contribution in [2.45, 2.75) is 96.4 Å². The van der Waals surface area contributed by atoms with Crippen LogP contribution in [-0.4, -0.2) is 137 Å². The molecule has 26 heavy (non-hydrogen) atoms. The Balaban J connectivity index is -0.00000264. The molecule has 0 radical (unpaired) electrons. The molecule has 0 aromatic carbocycles. The fourth-order valence-electron chi connectivity index (χ4n) is 2.59. The van der Waals surface area contributed by atoms with Gasteiger partial charge in [-0.1, -0.05) is 71.1 Å². The van der Waals surface area contributed by atoms with E-state index in [-0.39, 0.29) is 115 Å². The molecule has 1 amide bonds. The van der Waals surface area contributed by atoms with Crippen LogP contribution in [-0.2, 0) is 14.4 Å². The summed E-state index contributed by atoms with van der Waals surface area (Å²) in [5.74, 6) is -2.94. The van der Waals surface area contributed by atoms with E-state index in [9.17, 15) is 14.4 Å². The van der Waals surface area contributed by atoms with E-state index >= 15 is 0 Å². The van der Waals surface area contributed by atoms with Gasteiger partial charge in [0.2, 0.25) is 5.91 Å². The first-order valence-corrected chi connectivity index (χ1v) is 9.21. The number of carbonyl (C=O) groups excluding carboxylic acids is 1. The van der Waals surface area contributed by atoms with Crippen LogP contribution in [0.1, 0.15) is 90.4 Å². The second-order valence-corrected chi connectivity index (χ2v) is 6.34. The third kappa shape index (κ3) is 22.0. The van der Waals surface area contributed by atoms with Crippen LogP contribution in [0.3, 0.4) is 0 Å². The second-order valence-electron chi connectivity index (χ2n) is 6.34. The molecule has 0 fully saturated rings. The molecule has 0 bridgehead atoms. The van der Waals surface area contributed by atoms with Crippen LogP contribution in [0.25, 0.3) is 0 Å². The van der Waals surface area contributed by atoms with Crippen molar-refractivity contribution in [3.8, 4) is 0 Å². The number of hydrogen-bond donors (Lipinski definition) is 3. The minimum atomic E-state index is -1.34. The number of hydrogen-bond acceptors (Lipinski definition) is 3. The van der Waals surface area contributed by atoms with Gasteiger partial charge in [0.1, 0.15) is 6.04 Å². The Morgan fingerprint density at radius 2 is 1.19 bits per heavy atom. The molecular formula is C18H35K2NO5. The Bertz CT molecular complexity index is 381. The molecule has 0 aliphatic rings. The van der Waals surface area contributed by atoms with E-state index in [0.29, 0.717) is 6.42 Å². The number of unbranched alkanes of at least 4 members (excludes halogenated alkanes) is 10. The third-order valence-electron chi connectivity index (χ3n) is 4.02. The first kappa shape index (κ1) is 32.4. The molecule has 0 unspecified atom stereocenters. The van der Waals surface area contributed by atoms with Crippen LogP contribution in [0.15, 0.2) is 0 Å². The Hall–Kier alpha value is 1.68. The predicted octanol–water partition coefficient (Wildman–Crippen LogP) is 2.43. The molecule has 0 spiro atoms. The van der Waals surface area contributed by atoms with Gasteiger partial charge in [-0.15, -0.1) is 0 Å². The van der Waals surface area contributed by atoms with Crippen molar-refractivity contribution in [2.24, 2.45) is 0 Å². The van der Waals surface area contributed by atoms with Gasteiger partial charge in [-0.3, -0.25) is 9.59 Å². The molecule has 0 saturated carbocycles. The van der Waals surface area contributed by atoms with Gasteiger partial charge in [-0.25, -0.2) is 4.79 Å². The van der Waals surface area contributed by atoms with Gasteiger partial charge in [0.05, 0.1) is 6.42 Å². The molecule has 144 valence electrons. The zero-order valence-corrected chi connectivity index (χ0v) is 14.9. The van der Waals surface area contributed by atoms with Crippen LogP contribution in [0.2, 0.25) is 0 Å².